The quantitative estimate of drug-likeness (QED) is 0.435. The zero-order chi connectivity index (χ0) is 18.3. The van der Waals surface area contributed by atoms with E-state index < -0.39 is 21.6 Å². The lowest BCUT2D eigenvalue weighted by atomic mass is 10.1. The number of fused-ring (bicyclic) bond motifs is 2. The van der Waals surface area contributed by atoms with Crippen LogP contribution in [0, 0.1) is 0 Å². The molecule has 0 atom stereocenters. The van der Waals surface area contributed by atoms with Gasteiger partial charge in [0.2, 0.25) is 16.0 Å². The molecule has 0 amide bonds. The number of hydrogen-bond donors (Lipinski definition) is 1. The lowest BCUT2D eigenvalue weighted by molar-refractivity contribution is 0.415. The van der Waals surface area contributed by atoms with E-state index in [0.717, 1.165) is 10.2 Å². The van der Waals surface area contributed by atoms with Crippen LogP contribution in [0.2, 0.25) is 0 Å². The summed E-state index contributed by atoms with van der Waals surface area (Å²) in [7, 11) is 1.57. The Morgan fingerprint density at radius 3 is 2.46 bits per heavy atom. The van der Waals surface area contributed by atoms with Gasteiger partial charge in [-0.1, -0.05) is 35.6 Å². The van der Waals surface area contributed by atoms with Gasteiger partial charge in [0.15, 0.2) is 5.36 Å². The van der Waals surface area contributed by atoms with Gasteiger partial charge in [-0.3, -0.25) is 19.8 Å². The van der Waals surface area contributed by atoms with Crippen molar-refractivity contribution in [3.8, 4) is 5.75 Å². The fraction of sp³-hybridized carbons (Fsp3) is 0.0556. The highest BCUT2D eigenvalue weighted by atomic mass is 32.1. The Labute approximate surface area is 149 Å². The summed E-state index contributed by atoms with van der Waals surface area (Å²) in [4.78, 5) is 41.2. The van der Waals surface area contributed by atoms with Gasteiger partial charge in [-0.05, 0) is 18.2 Å². The molecule has 4 aromatic rings. The molecule has 0 bridgehead atoms. The second kappa shape index (κ2) is 6.16. The molecule has 3 aromatic carbocycles. The normalized spacial score (nSPS) is 12.0. The summed E-state index contributed by atoms with van der Waals surface area (Å²) in [6.07, 6.45) is 0. The van der Waals surface area contributed by atoms with E-state index in [1.807, 2.05) is 6.07 Å². The number of rotatable bonds is 3. The van der Waals surface area contributed by atoms with E-state index in [9.17, 15) is 14.4 Å². The first-order valence-electron chi connectivity index (χ1n) is 7.59. The number of hydrogen-bond acceptors (Lipinski definition) is 8. The number of thiazole rings is 1. The molecule has 0 saturated heterocycles. The highest BCUT2D eigenvalue weighted by Crippen LogP contribution is 2.28. The SMILES string of the molecule is COc1ccc2nc(N/N=c3/c(=O)c(=O)c4ccccc4c3=O)sc2c1. The van der Waals surface area contributed by atoms with Crippen molar-refractivity contribution in [3.63, 3.8) is 0 Å². The maximum atomic E-state index is 12.5. The summed E-state index contributed by atoms with van der Waals surface area (Å²) in [6, 6.07) is 11.6. The number of benzene rings is 3. The van der Waals surface area contributed by atoms with Gasteiger partial charge in [0.25, 0.3) is 5.43 Å². The summed E-state index contributed by atoms with van der Waals surface area (Å²) in [5.41, 5.74) is 1.09. The van der Waals surface area contributed by atoms with Crippen molar-refractivity contribution < 1.29 is 4.74 Å². The van der Waals surface area contributed by atoms with Gasteiger partial charge >= 0.3 is 0 Å². The van der Waals surface area contributed by atoms with Gasteiger partial charge in [0.05, 0.1) is 17.3 Å². The molecule has 1 aromatic heterocycles. The number of nitrogens with zero attached hydrogens (tertiary/aromatic N) is 2. The fourth-order valence-corrected chi connectivity index (χ4v) is 3.46. The first-order chi connectivity index (χ1) is 12.6. The summed E-state index contributed by atoms with van der Waals surface area (Å²) in [5, 5.41) is 4.10. The van der Waals surface area contributed by atoms with Crippen molar-refractivity contribution in [2.75, 3.05) is 12.5 Å². The third kappa shape index (κ3) is 2.56. The zero-order valence-electron chi connectivity index (χ0n) is 13.5. The highest BCUT2D eigenvalue weighted by Gasteiger charge is 2.11. The second-order valence-corrected chi connectivity index (χ2v) is 6.49. The van der Waals surface area contributed by atoms with Crippen molar-refractivity contribution in [2.45, 2.75) is 0 Å². The third-order valence-corrected chi connectivity index (χ3v) is 4.83. The molecule has 1 heterocycles. The van der Waals surface area contributed by atoms with Crippen LogP contribution >= 0.6 is 11.3 Å². The minimum absolute atomic E-state index is 0.105. The number of aromatic nitrogens is 1. The molecule has 0 radical (unpaired) electrons. The Hall–Kier alpha value is -3.39. The molecule has 128 valence electrons. The molecule has 0 fully saturated rings. The Bertz CT molecular complexity index is 1370. The van der Waals surface area contributed by atoms with Crippen molar-refractivity contribution in [2.24, 2.45) is 5.10 Å². The van der Waals surface area contributed by atoms with E-state index in [-0.39, 0.29) is 10.8 Å². The molecule has 7 nitrogen and oxygen atoms in total. The van der Waals surface area contributed by atoms with Crippen LogP contribution in [0.1, 0.15) is 0 Å². The van der Waals surface area contributed by atoms with E-state index in [0.29, 0.717) is 10.9 Å². The molecule has 26 heavy (non-hydrogen) atoms. The number of anilines is 1. The van der Waals surface area contributed by atoms with Gasteiger partial charge in [0, 0.05) is 10.8 Å². The van der Waals surface area contributed by atoms with Crippen molar-refractivity contribution in [1.29, 1.82) is 0 Å². The van der Waals surface area contributed by atoms with Gasteiger partial charge < -0.3 is 4.74 Å². The van der Waals surface area contributed by atoms with E-state index in [1.54, 1.807) is 31.4 Å². The van der Waals surface area contributed by atoms with Crippen LogP contribution in [0.3, 0.4) is 0 Å². The van der Waals surface area contributed by atoms with Gasteiger partial charge in [-0.15, -0.1) is 0 Å². The van der Waals surface area contributed by atoms with E-state index >= 15 is 0 Å². The Morgan fingerprint density at radius 1 is 1.00 bits per heavy atom. The van der Waals surface area contributed by atoms with Crippen molar-refractivity contribution in [3.05, 3.63) is 78.5 Å². The molecular formula is C18H11N3O4S. The van der Waals surface area contributed by atoms with Crippen LogP contribution in [-0.2, 0) is 0 Å². The summed E-state index contributed by atoms with van der Waals surface area (Å²) in [5.74, 6) is 0.693. The molecule has 0 unspecified atom stereocenters. The molecule has 1 N–H and O–H groups in total. The largest absolute Gasteiger partial charge is 0.497 e. The van der Waals surface area contributed by atoms with Crippen molar-refractivity contribution >= 4 is 37.5 Å². The smallest absolute Gasteiger partial charge is 0.257 e. The molecular weight excluding hydrogens is 354 g/mol. The van der Waals surface area contributed by atoms with Gasteiger partial charge in [-0.25, -0.2) is 4.98 Å². The molecule has 8 heteroatoms. The minimum Gasteiger partial charge on any atom is -0.497 e. The Balaban J connectivity index is 1.84. The van der Waals surface area contributed by atoms with Crippen LogP contribution < -0.4 is 31.8 Å². The predicted molar refractivity (Wildman–Crippen MR) is 100 cm³/mol. The Kier molecular flexibility index (Phi) is 3.81. The lowest BCUT2D eigenvalue weighted by Crippen LogP contribution is -2.48. The summed E-state index contributed by atoms with van der Waals surface area (Å²) >= 11 is 1.29. The average molecular weight is 365 g/mol. The van der Waals surface area contributed by atoms with Crippen LogP contribution in [0.5, 0.6) is 5.75 Å². The maximum absolute atomic E-state index is 12.5. The molecule has 0 spiro atoms. The minimum atomic E-state index is -0.927. The molecule has 0 aliphatic carbocycles. The van der Waals surface area contributed by atoms with Crippen molar-refractivity contribution in [1.82, 2.24) is 4.98 Å². The van der Waals surface area contributed by atoms with E-state index in [1.165, 1.54) is 23.5 Å². The highest BCUT2D eigenvalue weighted by molar-refractivity contribution is 7.22. The van der Waals surface area contributed by atoms with E-state index in [4.69, 9.17) is 4.74 Å². The average Bonchev–Trinajstić information content (AvgIpc) is 3.08. The zero-order valence-corrected chi connectivity index (χ0v) is 14.3. The molecule has 4 rings (SSSR count). The van der Waals surface area contributed by atoms with Crippen LogP contribution in [0.25, 0.3) is 21.0 Å². The van der Waals surface area contributed by atoms with Gasteiger partial charge in [-0.2, -0.15) is 5.10 Å². The first kappa shape index (κ1) is 16.1. The van der Waals surface area contributed by atoms with Gasteiger partial charge in [0.1, 0.15) is 5.75 Å². The van der Waals surface area contributed by atoms with Crippen LogP contribution in [0.15, 0.2) is 61.9 Å². The maximum Gasteiger partial charge on any atom is 0.257 e. The van der Waals surface area contributed by atoms with E-state index in [2.05, 4.69) is 15.5 Å². The number of methoxy groups -OCH3 is 1. The second-order valence-electron chi connectivity index (χ2n) is 5.46. The molecule has 0 saturated carbocycles. The number of ether oxygens (including phenoxy) is 1. The first-order valence-corrected chi connectivity index (χ1v) is 8.41. The Morgan fingerprint density at radius 2 is 1.73 bits per heavy atom. The fourth-order valence-electron chi connectivity index (χ4n) is 2.62. The molecule has 0 aliphatic heterocycles. The lowest BCUT2D eigenvalue weighted by Gasteiger charge is -1.96. The van der Waals surface area contributed by atoms with Crippen LogP contribution in [-0.4, -0.2) is 12.1 Å². The third-order valence-electron chi connectivity index (χ3n) is 3.91. The monoisotopic (exact) mass is 365 g/mol. The van der Waals surface area contributed by atoms with Crippen LogP contribution in [0.4, 0.5) is 5.13 Å². The molecule has 0 aliphatic rings. The standard InChI is InChI=1S/C18H11N3O4S/c1-25-9-6-7-12-13(8-9)26-18(19-12)21-20-14-15(22)10-4-2-3-5-11(10)16(23)17(14)24/h2-8H,1H3,(H,19,21)/b20-14+. The summed E-state index contributed by atoms with van der Waals surface area (Å²) < 4.78 is 6.02. The summed E-state index contributed by atoms with van der Waals surface area (Å²) in [6.45, 7) is 0. The topological polar surface area (TPSA) is 97.7 Å². The number of nitrogens with one attached hydrogen (secondary N) is 1. The predicted octanol–water partition coefficient (Wildman–Crippen LogP) is 1.34.